The van der Waals surface area contributed by atoms with Gasteiger partial charge in [0, 0.05) is 10.2 Å². The number of rotatable bonds is 4. The zero-order valence-electron chi connectivity index (χ0n) is 10.8. The van der Waals surface area contributed by atoms with Crippen LogP contribution in [0.15, 0.2) is 46.9 Å². The highest BCUT2D eigenvalue weighted by molar-refractivity contribution is 9.10. The van der Waals surface area contributed by atoms with Gasteiger partial charge in [-0.25, -0.2) is 4.79 Å². The normalized spacial score (nSPS) is 10.2. The van der Waals surface area contributed by atoms with Crippen molar-refractivity contribution in [2.75, 3.05) is 5.32 Å². The van der Waals surface area contributed by atoms with Gasteiger partial charge in [0.15, 0.2) is 0 Å². The van der Waals surface area contributed by atoms with E-state index in [9.17, 15) is 9.59 Å². The molecule has 0 radical (unpaired) electrons. The molecular weight excluding hydrogens is 358 g/mol. The Bertz CT molecular complexity index is 686. The molecule has 0 spiro atoms. The summed E-state index contributed by atoms with van der Waals surface area (Å²) in [6.07, 6.45) is 0.207. The van der Waals surface area contributed by atoms with Crippen molar-refractivity contribution in [3.63, 3.8) is 0 Å². The average molecular weight is 369 g/mol. The number of amides is 1. The molecule has 0 unspecified atom stereocenters. The van der Waals surface area contributed by atoms with Crippen molar-refractivity contribution < 1.29 is 14.7 Å². The van der Waals surface area contributed by atoms with Crippen LogP contribution in [0.25, 0.3) is 0 Å². The minimum Gasteiger partial charge on any atom is -0.478 e. The number of aromatic carboxylic acids is 1. The van der Waals surface area contributed by atoms with Gasteiger partial charge in [0.25, 0.3) is 0 Å². The van der Waals surface area contributed by atoms with Gasteiger partial charge in [0.2, 0.25) is 5.91 Å². The number of nitrogens with one attached hydrogen (secondary N) is 1. The third kappa shape index (κ3) is 4.31. The van der Waals surface area contributed by atoms with Gasteiger partial charge in [-0.15, -0.1) is 0 Å². The first kappa shape index (κ1) is 15.5. The quantitative estimate of drug-likeness (QED) is 0.858. The predicted molar refractivity (Wildman–Crippen MR) is 84.9 cm³/mol. The second kappa shape index (κ2) is 6.74. The summed E-state index contributed by atoms with van der Waals surface area (Å²) in [5.41, 5.74) is 1.22. The first-order valence-corrected chi connectivity index (χ1v) is 7.20. The van der Waals surface area contributed by atoms with Crippen LogP contribution in [0.3, 0.4) is 0 Å². The lowest BCUT2D eigenvalue weighted by molar-refractivity contribution is -0.115. The van der Waals surface area contributed by atoms with Crippen molar-refractivity contribution in [1.82, 2.24) is 0 Å². The smallest absolute Gasteiger partial charge is 0.337 e. The van der Waals surface area contributed by atoms with Crippen LogP contribution in [0.4, 0.5) is 5.69 Å². The zero-order chi connectivity index (χ0) is 15.4. The van der Waals surface area contributed by atoms with Gasteiger partial charge < -0.3 is 10.4 Å². The van der Waals surface area contributed by atoms with Crippen LogP contribution in [0.1, 0.15) is 15.9 Å². The molecule has 0 heterocycles. The fraction of sp³-hybridized carbons (Fsp3) is 0.0667. The molecule has 0 aliphatic rings. The number of halogens is 2. The fourth-order valence-corrected chi connectivity index (χ4v) is 2.22. The number of anilines is 1. The maximum absolute atomic E-state index is 11.9. The molecule has 2 aromatic rings. The van der Waals surface area contributed by atoms with Crippen LogP contribution in [0, 0.1) is 0 Å². The van der Waals surface area contributed by atoms with E-state index in [4.69, 9.17) is 16.7 Å². The molecule has 108 valence electrons. The summed E-state index contributed by atoms with van der Waals surface area (Å²) in [6, 6.07) is 11.7. The third-order valence-corrected chi connectivity index (χ3v) is 3.62. The summed E-state index contributed by atoms with van der Waals surface area (Å²) < 4.78 is 0.940. The predicted octanol–water partition coefficient (Wildman–Crippen LogP) is 3.98. The number of benzene rings is 2. The Labute approximate surface area is 134 Å². The molecule has 2 aromatic carbocycles. The summed E-state index contributed by atoms with van der Waals surface area (Å²) in [6.45, 7) is 0. The van der Waals surface area contributed by atoms with E-state index in [1.54, 1.807) is 6.07 Å². The Morgan fingerprint density at radius 1 is 1.14 bits per heavy atom. The lowest BCUT2D eigenvalue weighted by Crippen LogP contribution is -2.14. The van der Waals surface area contributed by atoms with Crippen LogP contribution in [-0.4, -0.2) is 17.0 Å². The number of hydrogen-bond acceptors (Lipinski definition) is 2. The lowest BCUT2D eigenvalue weighted by atomic mass is 10.1. The van der Waals surface area contributed by atoms with Gasteiger partial charge in [-0.1, -0.05) is 39.7 Å². The number of carboxylic acid groups (broad SMARTS) is 1. The van der Waals surface area contributed by atoms with E-state index in [2.05, 4.69) is 21.2 Å². The van der Waals surface area contributed by atoms with Gasteiger partial charge in [0.1, 0.15) is 0 Å². The molecule has 4 nitrogen and oxygen atoms in total. The summed E-state index contributed by atoms with van der Waals surface area (Å²) in [4.78, 5) is 22.9. The van der Waals surface area contributed by atoms with Crippen LogP contribution in [0.5, 0.6) is 0 Å². The molecule has 0 aliphatic carbocycles. The monoisotopic (exact) mass is 367 g/mol. The zero-order valence-corrected chi connectivity index (χ0v) is 13.1. The summed E-state index contributed by atoms with van der Waals surface area (Å²) in [7, 11) is 0. The van der Waals surface area contributed by atoms with Crippen molar-refractivity contribution in [1.29, 1.82) is 0 Å². The van der Waals surface area contributed by atoms with Crippen molar-refractivity contribution in [3.8, 4) is 0 Å². The fourth-order valence-electron chi connectivity index (χ4n) is 1.76. The van der Waals surface area contributed by atoms with Gasteiger partial charge in [-0.2, -0.15) is 0 Å². The second-order valence-electron chi connectivity index (χ2n) is 4.35. The summed E-state index contributed by atoms with van der Waals surface area (Å²) in [5.74, 6) is -1.36. The molecule has 21 heavy (non-hydrogen) atoms. The first-order chi connectivity index (χ1) is 9.95. The highest BCUT2D eigenvalue weighted by Crippen LogP contribution is 2.21. The summed E-state index contributed by atoms with van der Waals surface area (Å²) in [5, 5.41) is 11.8. The van der Waals surface area contributed by atoms with Crippen LogP contribution < -0.4 is 5.32 Å². The highest BCUT2D eigenvalue weighted by atomic mass is 79.9. The van der Waals surface area contributed by atoms with Gasteiger partial charge >= 0.3 is 5.97 Å². The van der Waals surface area contributed by atoms with Gasteiger partial charge in [-0.3, -0.25) is 4.79 Å². The number of carboxylic acids is 1. The Hall–Kier alpha value is -1.85. The SMILES string of the molecule is O=C(Cc1ccc(Br)cc1)Nc1ccc(Cl)c(C(=O)O)c1. The topological polar surface area (TPSA) is 66.4 Å². The molecule has 0 saturated carbocycles. The Balaban J connectivity index is 2.07. The Morgan fingerprint density at radius 3 is 2.43 bits per heavy atom. The number of carbonyl (C=O) groups excluding carboxylic acids is 1. The van der Waals surface area contributed by atoms with E-state index < -0.39 is 5.97 Å². The highest BCUT2D eigenvalue weighted by Gasteiger charge is 2.11. The van der Waals surface area contributed by atoms with E-state index in [1.807, 2.05) is 24.3 Å². The van der Waals surface area contributed by atoms with E-state index in [0.717, 1.165) is 10.0 Å². The van der Waals surface area contributed by atoms with Crippen molar-refractivity contribution in [3.05, 3.63) is 63.1 Å². The molecule has 0 bridgehead atoms. The Kier molecular flexibility index (Phi) is 4.98. The average Bonchev–Trinajstić information content (AvgIpc) is 2.43. The van der Waals surface area contributed by atoms with Crippen LogP contribution >= 0.6 is 27.5 Å². The number of hydrogen-bond donors (Lipinski definition) is 2. The minimum absolute atomic E-state index is 0.0434. The van der Waals surface area contributed by atoms with E-state index in [-0.39, 0.29) is 22.9 Å². The van der Waals surface area contributed by atoms with Crippen LogP contribution in [-0.2, 0) is 11.2 Å². The van der Waals surface area contributed by atoms with Crippen LogP contribution in [0.2, 0.25) is 5.02 Å². The van der Waals surface area contributed by atoms with Crippen molar-refractivity contribution >= 4 is 45.1 Å². The molecule has 2 N–H and O–H groups in total. The molecule has 0 aliphatic heterocycles. The first-order valence-electron chi connectivity index (χ1n) is 6.03. The molecule has 0 atom stereocenters. The molecule has 1 amide bonds. The Morgan fingerprint density at radius 2 is 1.81 bits per heavy atom. The maximum Gasteiger partial charge on any atom is 0.337 e. The van der Waals surface area contributed by atoms with Gasteiger partial charge in [0.05, 0.1) is 17.0 Å². The molecule has 6 heteroatoms. The summed E-state index contributed by atoms with van der Waals surface area (Å²) >= 11 is 9.10. The molecule has 2 rings (SSSR count). The standard InChI is InChI=1S/C15H11BrClNO3/c16-10-3-1-9(2-4-10)7-14(19)18-11-5-6-13(17)12(8-11)15(20)21/h1-6,8H,7H2,(H,18,19)(H,20,21). The molecule has 0 saturated heterocycles. The van der Waals surface area contributed by atoms with Crippen molar-refractivity contribution in [2.24, 2.45) is 0 Å². The maximum atomic E-state index is 11.9. The van der Waals surface area contributed by atoms with E-state index in [0.29, 0.717) is 5.69 Å². The minimum atomic E-state index is -1.14. The molecule has 0 aromatic heterocycles. The van der Waals surface area contributed by atoms with Gasteiger partial charge in [-0.05, 0) is 35.9 Å². The van der Waals surface area contributed by atoms with Crippen molar-refractivity contribution in [2.45, 2.75) is 6.42 Å². The van der Waals surface area contributed by atoms with E-state index >= 15 is 0 Å². The third-order valence-electron chi connectivity index (χ3n) is 2.76. The molecular formula is C15H11BrClNO3. The second-order valence-corrected chi connectivity index (χ2v) is 5.67. The number of carbonyl (C=O) groups is 2. The lowest BCUT2D eigenvalue weighted by Gasteiger charge is -2.07. The largest absolute Gasteiger partial charge is 0.478 e. The molecule has 0 fully saturated rings. The van der Waals surface area contributed by atoms with E-state index in [1.165, 1.54) is 12.1 Å².